The van der Waals surface area contributed by atoms with Crippen LogP contribution in [0.5, 0.6) is 5.75 Å². The van der Waals surface area contributed by atoms with Crippen LogP contribution in [0.4, 0.5) is 13.2 Å². The molecule has 2 rings (SSSR count). The molecule has 0 heterocycles. The molecule has 1 aromatic rings. The number of alkyl halides is 3. The molecule has 0 aromatic heterocycles. The maximum atomic E-state index is 12.9. The van der Waals surface area contributed by atoms with Crippen molar-refractivity contribution in [2.24, 2.45) is 17.6 Å². The smallest absolute Gasteiger partial charge is 0.391 e. The Morgan fingerprint density at radius 1 is 1.33 bits per heavy atom. The van der Waals surface area contributed by atoms with Crippen molar-refractivity contribution in [1.29, 1.82) is 0 Å². The van der Waals surface area contributed by atoms with Gasteiger partial charge in [0.25, 0.3) is 0 Å². The van der Waals surface area contributed by atoms with Gasteiger partial charge < -0.3 is 10.5 Å². The molecular formula is C15H19ClF3NO. The number of ether oxygens (including phenoxy) is 1. The van der Waals surface area contributed by atoms with Crippen LogP contribution in [-0.4, -0.2) is 13.3 Å². The lowest BCUT2D eigenvalue weighted by Crippen LogP contribution is -2.33. The second-order valence-corrected chi connectivity index (χ2v) is 6.01. The number of halogens is 4. The topological polar surface area (TPSA) is 35.2 Å². The first-order valence-corrected chi connectivity index (χ1v) is 7.36. The summed E-state index contributed by atoms with van der Waals surface area (Å²) in [5.41, 5.74) is 6.89. The minimum Gasteiger partial charge on any atom is -0.496 e. The molecule has 1 aliphatic carbocycles. The molecule has 1 aromatic carbocycles. The first-order valence-electron chi connectivity index (χ1n) is 6.98. The summed E-state index contributed by atoms with van der Waals surface area (Å²) in [5.74, 6) is -0.897. The summed E-state index contributed by atoms with van der Waals surface area (Å²) in [6.45, 7) is 0. The molecule has 1 aliphatic rings. The predicted molar refractivity (Wildman–Crippen MR) is 76.4 cm³/mol. The monoisotopic (exact) mass is 321 g/mol. The standard InChI is InChI=1S/C15H19ClF3NO/c1-21-13-6-5-11(16)8-12(13)14(20)9-3-2-4-10(7-9)15(17,18)19/h5-6,8-10,14H,2-4,7,20H2,1H3. The highest BCUT2D eigenvalue weighted by Crippen LogP contribution is 2.44. The Morgan fingerprint density at radius 2 is 2.05 bits per heavy atom. The lowest BCUT2D eigenvalue weighted by atomic mass is 9.76. The summed E-state index contributed by atoms with van der Waals surface area (Å²) in [6.07, 6.45) is -2.63. The Labute approximate surface area is 127 Å². The second-order valence-electron chi connectivity index (χ2n) is 5.58. The average Bonchev–Trinajstić information content (AvgIpc) is 2.45. The van der Waals surface area contributed by atoms with Crippen molar-refractivity contribution in [1.82, 2.24) is 0 Å². The number of hydrogen-bond acceptors (Lipinski definition) is 2. The van der Waals surface area contributed by atoms with Crippen LogP contribution in [0.15, 0.2) is 18.2 Å². The number of benzene rings is 1. The van der Waals surface area contributed by atoms with Gasteiger partial charge in [-0.25, -0.2) is 0 Å². The molecule has 0 bridgehead atoms. The maximum absolute atomic E-state index is 12.9. The fourth-order valence-electron chi connectivity index (χ4n) is 3.07. The number of rotatable bonds is 3. The first-order chi connectivity index (χ1) is 9.82. The van der Waals surface area contributed by atoms with E-state index in [-0.39, 0.29) is 18.8 Å². The molecule has 21 heavy (non-hydrogen) atoms. The highest BCUT2D eigenvalue weighted by atomic mass is 35.5. The normalized spacial score (nSPS) is 24.7. The fraction of sp³-hybridized carbons (Fsp3) is 0.600. The zero-order chi connectivity index (χ0) is 15.6. The molecule has 0 aliphatic heterocycles. The van der Waals surface area contributed by atoms with Crippen LogP contribution in [0, 0.1) is 11.8 Å². The Hall–Kier alpha value is -0.940. The summed E-state index contributed by atoms with van der Waals surface area (Å²) in [6, 6.07) is 4.56. The van der Waals surface area contributed by atoms with Crippen LogP contribution in [-0.2, 0) is 0 Å². The molecule has 0 saturated heterocycles. The zero-order valence-corrected chi connectivity index (χ0v) is 12.5. The SMILES string of the molecule is COc1ccc(Cl)cc1C(N)C1CCCC(C(F)(F)F)C1. The molecule has 1 saturated carbocycles. The van der Waals surface area contributed by atoms with Crippen molar-refractivity contribution in [2.45, 2.75) is 37.9 Å². The largest absolute Gasteiger partial charge is 0.496 e. The van der Waals surface area contributed by atoms with E-state index in [0.29, 0.717) is 29.2 Å². The third-order valence-corrected chi connectivity index (χ3v) is 4.47. The molecule has 2 nitrogen and oxygen atoms in total. The average molecular weight is 322 g/mol. The van der Waals surface area contributed by atoms with Gasteiger partial charge >= 0.3 is 6.18 Å². The van der Waals surface area contributed by atoms with Gasteiger partial charge in [0, 0.05) is 16.6 Å². The van der Waals surface area contributed by atoms with Gasteiger partial charge in [-0.15, -0.1) is 0 Å². The van der Waals surface area contributed by atoms with Crippen molar-refractivity contribution in [3.8, 4) is 5.75 Å². The highest BCUT2D eigenvalue weighted by Gasteiger charge is 2.43. The van der Waals surface area contributed by atoms with Gasteiger partial charge in [0.05, 0.1) is 13.0 Å². The molecule has 6 heteroatoms. The van der Waals surface area contributed by atoms with E-state index >= 15 is 0 Å². The second kappa shape index (κ2) is 6.44. The Balaban J connectivity index is 2.19. The Morgan fingerprint density at radius 3 is 2.67 bits per heavy atom. The Bertz CT molecular complexity index is 492. The number of methoxy groups -OCH3 is 1. The van der Waals surface area contributed by atoms with E-state index < -0.39 is 18.1 Å². The molecule has 2 N–H and O–H groups in total. The molecule has 118 valence electrons. The van der Waals surface area contributed by atoms with Crippen LogP contribution in [0.2, 0.25) is 5.02 Å². The first kappa shape index (κ1) is 16.4. The van der Waals surface area contributed by atoms with E-state index in [1.807, 2.05) is 0 Å². The maximum Gasteiger partial charge on any atom is 0.391 e. The van der Waals surface area contributed by atoms with Crippen molar-refractivity contribution in [3.63, 3.8) is 0 Å². The van der Waals surface area contributed by atoms with Crippen molar-refractivity contribution >= 4 is 11.6 Å². The van der Waals surface area contributed by atoms with E-state index in [1.54, 1.807) is 18.2 Å². The van der Waals surface area contributed by atoms with Crippen LogP contribution >= 0.6 is 11.6 Å². The van der Waals surface area contributed by atoms with Gasteiger partial charge in [0.15, 0.2) is 0 Å². The van der Waals surface area contributed by atoms with E-state index in [0.717, 1.165) is 0 Å². The Kier molecular flexibility index (Phi) is 5.04. The summed E-state index contributed by atoms with van der Waals surface area (Å²) in [5, 5.41) is 0.504. The lowest BCUT2D eigenvalue weighted by Gasteiger charge is -2.34. The van der Waals surface area contributed by atoms with E-state index in [4.69, 9.17) is 22.1 Å². The van der Waals surface area contributed by atoms with Crippen molar-refractivity contribution in [3.05, 3.63) is 28.8 Å². The number of nitrogens with two attached hydrogens (primary N) is 1. The molecule has 3 unspecified atom stereocenters. The third kappa shape index (κ3) is 3.83. The van der Waals surface area contributed by atoms with E-state index in [1.165, 1.54) is 7.11 Å². The number of hydrogen-bond donors (Lipinski definition) is 1. The summed E-state index contributed by atoms with van der Waals surface area (Å²) >= 11 is 5.97. The molecule has 0 spiro atoms. The fourth-order valence-corrected chi connectivity index (χ4v) is 3.25. The molecular weight excluding hydrogens is 303 g/mol. The lowest BCUT2D eigenvalue weighted by molar-refractivity contribution is -0.186. The van der Waals surface area contributed by atoms with E-state index in [2.05, 4.69) is 0 Å². The van der Waals surface area contributed by atoms with Gasteiger partial charge in [0.1, 0.15) is 5.75 Å². The van der Waals surface area contributed by atoms with Crippen molar-refractivity contribution < 1.29 is 17.9 Å². The van der Waals surface area contributed by atoms with Crippen LogP contribution in [0.1, 0.15) is 37.3 Å². The molecule has 3 atom stereocenters. The summed E-state index contributed by atoms with van der Waals surface area (Å²) in [7, 11) is 1.51. The van der Waals surface area contributed by atoms with E-state index in [9.17, 15) is 13.2 Å². The summed E-state index contributed by atoms with van der Waals surface area (Å²) in [4.78, 5) is 0. The molecule has 0 radical (unpaired) electrons. The van der Waals surface area contributed by atoms with Crippen molar-refractivity contribution in [2.75, 3.05) is 7.11 Å². The van der Waals surface area contributed by atoms with Gasteiger partial charge in [-0.1, -0.05) is 18.0 Å². The predicted octanol–water partition coefficient (Wildman–Crippen LogP) is 4.72. The van der Waals surface area contributed by atoms with Gasteiger partial charge in [-0.3, -0.25) is 0 Å². The van der Waals surface area contributed by atoms with Crippen LogP contribution in [0.25, 0.3) is 0 Å². The van der Waals surface area contributed by atoms with Gasteiger partial charge in [-0.05, 0) is 43.4 Å². The quantitative estimate of drug-likeness (QED) is 0.874. The van der Waals surface area contributed by atoms with Gasteiger partial charge in [-0.2, -0.15) is 13.2 Å². The minimum atomic E-state index is -4.14. The van der Waals surface area contributed by atoms with Gasteiger partial charge in [0.2, 0.25) is 0 Å². The summed E-state index contributed by atoms with van der Waals surface area (Å²) < 4.78 is 44.0. The van der Waals surface area contributed by atoms with Crippen LogP contribution in [0.3, 0.4) is 0 Å². The third-order valence-electron chi connectivity index (χ3n) is 4.24. The molecule has 0 amide bonds. The minimum absolute atomic E-state index is 0.0698. The van der Waals surface area contributed by atoms with Crippen LogP contribution < -0.4 is 10.5 Å². The molecule has 1 fully saturated rings. The zero-order valence-electron chi connectivity index (χ0n) is 11.8. The highest BCUT2D eigenvalue weighted by molar-refractivity contribution is 6.30.